The van der Waals surface area contributed by atoms with Crippen molar-refractivity contribution in [3.05, 3.63) is 35.7 Å². The number of aryl methyl sites for hydroxylation is 2. The van der Waals surface area contributed by atoms with Gasteiger partial charge in [-0.1, -0.05) is 5.10 Å². The smallest absolute Gasteiger partial charge is 0.322 e. The summed E-state index contributed by atoms with van der Waals surface area (Å²) in [7, 11) is 4.85. The molecule has 0 fully saturated rings. The highest BCUT2D eigenvalue weighted by Gasteiger charge is 2.18. The number of carbonyl (C=O) groups is 1. The number of nitrogens with one attached hydrogen (secondary N) is 1. The van der Waals surface area contributed by atoms with E-state index in [0.717, 1.165) is 5.69 Å². The minimum absolute atomic E-state index is 0.0267. The number of benzene rings is 1. The average Bonchev–Trinajstić information content (AvgIpc) is 3.21. The van der Waals surface area contributed by atoms with E-state index in [2.05, 4.69) is 20.6 Å². The zero-order chi connectivity index (χ0) is 18.0. The first-order chi connectivity index (χ1) is 12.0. The Hall–Kier alpha value is -3.36. The highest BCUT2D eigenvalue weighted by atomic mass is 16.5. The van der Waals surface area contributed by atoms with Crippen LogP contribution < -0.4 is 14.8 Å². The summed E-state index contributed by atoms with van der Waals surface area (Å²) in [6.45, 7) is 1.85. The molecule has 3 rings (SSSR count). The Morgan fingerprint density at radius 3 is 2.64 bits per heavy atom. The van der Waals surface area contributed by atoms with Gasteiger partial charge in [-0.25, -0.2) is 0 Å². The number of aromatic nitrogens is 4. The summed E-state index contributed by atoms with van der Waals surface area (Å²) in [6, 6.07) is 6.82. The Morgan fingerprint density at radius 1 is 1.20 bits per heavy atom. The molecule has 0 aliphatic rings. The molecule has 25 heavy (non-hydrogen) atoms. The molecule has 0 saturated heterocycles. The van der Waals surface area contributed by atoms with E-state index in [1.807, 2.05) is 6.92 Å². The zero-order valence-corrected chi connectivity index (χ0v) is 14.2. The van der Waals surface area contributed by atoms with Crippen LogP contribution in [-0.4, -0.2) is 40.1 Å². The van der Waals surface area contributed by atoms with E-state index >= 15 is 0 Å². The Balaban J connectivity index is 1.82. The molecule has 0 saturated carbocycles. The van der Waals surface area contributed by atoms with E-state index in [9.17, 15) is 4.79 Å². The maximum absolute atomic E-state index is 12.2. The molecule has 0 spiro atoms. The molecule has 0 unspecified atom stereocenters. The topological polar surface area (TPSA) is 104 Å². The van der Waals surface area contributed by atoms with Gasteiger partial charge in [-0.05, 0) is 25.1 Å². The molecule has 0 radical (unpaired) electrons. The lowest BCUT2D eigenvalue weighted by Crippen LogP contribution is -2.13. The van der Waals surface area contributed by atoms with Gasteiger partial charge in [-0.2, -0.15) is 5.10 Å². The molecule has 1 amide bonds. The van der Waals surface area contributed by atoms with Gasteiger partial charge in [-0.15, -0.1) is 5.10 Å². The van der Waals surface area contributed by atoms with Crippen molar-refractivity contribution in [3.63, 3.8) is 0 Å². The van der Waals surface area contributed by atoms with Crippen LogP contribution in [0.15, 0.2) is 28.7 Å². The van der Waals surface area contributed by atoms with Crippen LogP contribution in [0.25, 0.3) is 11.5 Å². The van der Waals surface area contributed by atoms with Crippen LogP contribution in [0.4, 0.5) is 6.01 Å². The second kappa shape index (κ2) is 6.63. The number of anilines is 1. The van der Waals surface area contributed by atoms with Crippen molar-refractivity contribution in [2.45, 2.75) is 6.92 Å². The van der Waals surface area contributed by atoms with Crippen LogP contribution >= 0.6 is 0 Å². The third-order valence-corrected chi connectivity index (χ3v) is 3.63. The van der Waals surface area contributed by atoms with Gasteiger partial charge in [0.25, 0.3) is 11.8 Å². The minimum atomic E-state index is -0.430. The molecule has 2 aromatic heterocycles. The Labute approximate surface area is 143 Å². The van der Waals surface area contributed by atoms with Crippen molar-refractivity contribution in [1.29, 1.82) is 0 Å². The van der Waals surface area contributed by atoms with Crippen LogP contribution in [0.1, 0.15) is 16.2 Å². The maximum Gasteiger partial charge on any atom is 0.322 e. The lowest BCUT2D eigenvalue weighted by atomic mass is 10.2. The normalized spacial score (nSPS) is 10.6. The molecule has 1 aromatic carbocycles. The minimum Gasteiger partial charge on any atom is -0.497 e. The van der Waals surface area contributed by atoms with Gasteiger partial charge in [0.1, 0.15) is 11.5 Å². The summed E-state index contributed by atoms with van der Waals surface area (Å²) in [5.74, 6) is 0.938. The van der Waals surface area contributed by atoms with Gasteiger partial charge >= 0.3 is 6.01 Å². The number of rotatable bonds is 5. The van der Waals surface area contributed by atoms with Crippen LogP contribution in [0, 0.1) is 6.92 Å². The molecule has 0 bridgehead atoms. The molecule has 0 atom stereocenters. The van der Waals surface area contributed by atoms with Gasteiger partial charge in [0.15, 0.2) is 5.69 Å². The predicted octanol–water partition coefficient (Wildman–Crippen LogP) is 2.05. The highest BCUT2D eigenvalue weighted by Crippen LogP contribution is 2.33. The van der Waals surface area contributed by atoms with E-state index in [1.165, 1.54) is 7.11 Å². The van der Waals surface area contributed by atoms with Gasteiger partial charge < -0.3 is 13.9 Å². The second-order valence-electron chi connectivity index (χ2n) is 5.23. The Morgan fingerprint density at radius 2 is 2.00 bits per heavy atom. The van der Waals surface area contributed by atoms with E-state index in [-0.39, 0.29) is 17.6 Å². The quantitative estimate of drug-likeness (QED) is 0.756. The summed E-state index contributed by atoms with van der Waals surface area (Å²) >= 11 is 0. The van der Waals surface area contributed by atoms with Crippen LogP contribution in [0.5, 0.6) is 11.5 Å². The first-order valence-electron chi connectivity index (χ1n) is 7.39. The second-order valence-corrected chi connectivity index (χ2v) is 5.23. The summed E-state index contributed by atoms with van der Waals surface area (Å²) < 4.78 is 17.6. The number of hydrogen-bond acceptors (Lipinski definition) is 7. The molecule has 1 N–H and O–H groups in total. The van der Waals surface area contributed by atoms with Crippen molar-refractivity contribution in [2.24, 2.45) is 7.05 Å². The standard InChI is InChI=1S/C16H17N5O4/c1-9-7-12(20-21(9)2)14(22)17-16-19-18-15(25-16)11-6-5-10(23-3)8-13(11)24-4/h5-8H,1-4H3,(H,17,19,22). The van der Waals surface area contributed by atoms with E-state index in [4.69, 9.17) is 13.9 Å². The molecule has 0 aliphatic carbocycles. The zero-order valence-electron chi connectivity index (χ0n) is 14.2. The number of ether oxygens (including phenoxy) is 2. The van der Waals surface area contributed by atoms with Crippen molar-refractivity contribution in [1.82, 2.24) is 20.0 Å². The fourth-order valence-corrected chi connectivity index (χ4v) is 2.19. The van der Waals surface area contributed by atoms with Crippen molar-refractivity contribution in [2.75, 3.05) is 19.5 Å². The Kier molecular flexibility index (Phi) is 4.38. The SMILES string of the molecule is COc1ccc(-c2nnc(NC(=O)c3cc(C)n(C)n3)o2)c(OC)c1. The van der Waals surface area contributed by atoms with E-state index in [1.54, 1.807) is 43.1 Å². The molecule has 130 valence electrons. The summed E-state index contributed by atoms with van der Waals surface area (Å²) in [5.41, 5.74) is 1.71. The monoisotopic (exact) mass is 343 g/mol. The van der Waals surface area contributed by atoms with Crippen molar-refractivity contribution >= 4 is 11.9 Å². The molecular formula is C16H17N5O4. The molecular weight excluding hydrogens is 326 g/mol. The number of amides is 1. The first-order valence-corrected chi connectivity index (χ1v) is 7.39. The molecule has 0 aliphatic heterocycles. The molecule has 9 nitrogen and oxygen atoms in total. The summed E-state index contributed by atoms with van der Waals surface area (Å²) in [6.07, 6.45) is 0. The maximum atomic E-state index is 12.2. The number of carbonyl (C=O) groups excluding carboxylic acids is 1. The van der Waals surface area contributed by atoms with Crippen molar-refractivity contribution in [3.8, 4) is 23.0 Å². The van der Waals surface area contributed by atoms with E-state index in [0.29, 0.717) is 17.1 Å². The van der Waals surface area contributed by atoms with Gasteiger partial charge in [0.2, 0.25) is 0 Å². The fourth-order valence-electron chi connectivity index (χ4n) is 2.19. The number of nitrogens with zero attached hydrogens (tertiary/aromatic N) is 4. The Bertz CT molecular complexity index is 896. The fraction of sp³-hybridized carbons (Fsp3) is 0.250. The molecule has 9 heteroatoms. The highest BCUT2D eigenvalue weighted by molar-refractivity contribution is 6.01. The summed E-state index contributed by atoms with van der Waals surface area (Å²) in [4.78, 5) is 12.2. The molecule has 3 aromatic rings. The lowest BCUT2D eigenvalue weighted by molar-refractivity contribution is 0.101. The number of hydrogen-bond donors (Lipinski definition) is 1. The van der Waals surface area contributed by atoms with Crippen LogP contribution in [-0.2, 0) is 7.05 Å². The van der Waals surface area contributed by atoms with Crippen molar-refractivity contribution < 1.29 is 18.7 Å². The van der Waals surface area contributed by atoms with Gasteiger partial charge in [-0.3, -0.25) is 14.8 Å². The van der Waals surface area contributed by atoms with E-state index < -0.39 is 5.91 Å². The first kappa shape index (κ1) is 16.5. The molecule has 2 heterocycles. The van der Waals surface area contributed by atoms with Gasteiger partial charge in [0.05, 0.1) is 19.8 Å². The third-order valence-electron chi connectivity index (χ3n) is 3.63. The largest absolute Gasteiger partial charge is 0.497 e. The van der Waals surface area contributed by atoms with Crippen LogP contribution in [0.3, 0.4) is 0 Å². The third kappa shape index (κ3) is 3.30. The van der Waals surface area contributed by atoms with Gasteiger partial charge in [0, 0.05) is 18.8 Å². The average molecular weight is 343 g/mol. The number of methoxy groups -OCH3 is 2. The summed E-state index contributed by atoms with van der Waals surface area (Å²) in [5, 5.41) is 14.4. The predicted molar refractivity (Wildman–Crippen MR) is 88.7 cm³/mol. The van der Waals surface area contributed by atoms with Crippen LogP contribution in [0.2, 0.25) is 0 Å². The lowest BCUT2D eigenvalue weighted by Gasteiger charge is -2.07.